The van der Waals surface area contributed by atoms with E-state index < -0.39 is 18.4 Å². The highest BCUT2D eigenvalue weighted by atomic mass is 19.3. The molecule has 3 aromatic rings. The van der Waals surface area contributed by atoms with Crippen molar-refractivity contribution in [1.82, 2.24) is 25.3 Å². The first-order valence-electron chi connectivity index (χ1n) is 10.9. The summed E-state index contributed by atoms with van der Waals surface area (Å²) in [5.74, 6) is -0.345. The fourth-order valence-electron chi connectivity index (χ4n) is 4.76. The summed E-state index contributed by atoms with van der Waals surface area (Å²) in [4.78, 5) is 25.9. The van der Waals surface area contributed by atoms with Gasteiger partial charge in [-0.25, -0.2) is 4.79 Å². The van der Waals surface area contributed by atoms with E-state index in [2.05, 4.69) is 20.6 Å². The first-order valence-corrected chi connectivity index (χ1v) is 10.9. The van der Waals surface area contributed by atoms with Crippen LogP contribution < -0.4 is 10.2 Å². The van der Waals surface area contributed by atoms with Crippen molar-refractivity contribution >= 4 is 17.8 Å². The van der Waals surface area contributed by atoms with Gasteiger partial charge in [0.2, 0.25) is 5.89 Å². The molecule has 3 heterocycles. The number of hydrogen-bond acceptors (Lipinski definition) is 6. The van der Waals surface area contributed by atoms with E-state index in [1.807, 2.05) is 6.20 Å². The smallest absolute Gasteiger partial charge is 0.404 e. The number of benzene rings is 1. The normalized spacial score (nSPS) is 20.1. The van der Waals surface area contributed by atoms with Gasteiger partial charge in [-0.3, -0.25) is 14.4 Å². The zero-order chi connectivity index (χ0) is 24.0. The summed E-state index contributed by atoms with van der Waals surface area (Å²) >= 11 is 0. The topological polar surface area (TPSA) is 126 Å². The van der Waals surface area contributed by atoms with Crippen LogP contribution in [0, 0.1) is 0 Å². The first-order chi connectivity index (χ1) is 16.3. The number of fused-ring (bicyclic) bond motifs is 1. The van der Waals surface area contributed by atoms with E-state index in [9.17, 15) is 18.4 Å². The van der Waals surface area contributed by atoms with Crippen LogP contribution in [0.15, 0.2) is 28.8 Å². The number of carbonyl (C=O) groups is 2. The summed E-state index contributed by atoms with van der Waals surface area (Å²) < 4.78 is 32.3. The maximum absolute atomic E-state index is 13.3. The fraction of sp³-hybridized carbons (Fsp3) is 0.409. The highest BCUT2D eigenvalue weighted by Gasteiger charge is 2.35. The Hall–Kier alpha value is -3.83. The summed E-state index contributed by atoms with van der Waals surface area (Å²) in [5.41, 5.74) is 2.56. The van der Waals surface area contributed by atoms with Crippen molar-refractivity contribution in [3.05, 3.63) is 47.0 Å². The number of amides is 2. The van der Waals surface area contributed by atoms with Crippen LogP contribution in [0.1, 0.15) is 65.4 Å². The summed E-state index contributed by atoms with van der Waals surface area (Å²) in [5, 5.41) is 23.1. The Bertz CT molecular complexity index is 1250. The number of aromatic nitrogens is 4. The number of anilines is 1. The summed E-state index contributed by atoms with van der Waals surface area (Å²) in [7, 11) is 1.80. The minimum Gasteiger partial charge on any atom is -0.465 e. The number of carbonyl (C=O) groups excluding carboxylic acids is 1. The molecule has 1 aliphatic heterocycles. The van der Waals surface area contributed by atoms with Crippen molar-refractivity contribution in [1.29, 1.82) is 0 Å². The molecule has 10 nitrogen and oxygen atoms in total. The number of nitrogens with one attached hydrogen (secondary N) is 1. The molecule has 1 fully saturated rings. The zero-order valence-corrected chi connectivity index (χ0v) is 18.2. The van der Waals surface area contributed by atoms with E-state index in [4.69, 9.17) is 9.52 Å². The van der Waals surface area contributed by atoms with Crippen LogP contribution in [0.25, 0.3) is 11.5 Å². The van der Waals surface area contributed by atoms with E-state index in [0.717, 1.165) is 24.0 Å². The van der Waals surface area contributed by atoms with Gasteiger partial charge in [0.15, 0.2) is 5.82 Å². The number of nitrogens with zero attached hydrogens (tertiary/aromatic N) is 5. The molecule has 0 spiro atoms. The van der Waals surface area contributed by atoms with E-state index in [0.29, 0.717) is 36.3 Å². The van der Waals surface area contributed by atoms with Crippen LogP contribution in [-0.4, -0.2) is 43.1 Å². The summed E-state index contributed by atoms with van der Waals surface area (Å²) in [6.07, 6.45) is 1.03. The molecule has 1 aromatic carbocycles. The largest absolute Gasteiger partial charge is 0.465 e. The Morgan fingerprint density at radius 3 is 2.68 bits per heavy atom. The summed E-state index contributed by atoms with van der Waals surface area (Å²) in [6.45, 7) is 0.334. The van der Waals surface area contributed by atoms with Crippen molar-refractivity contribution in [3.8, 4) is 11.5 Å². The van der Waals surface area contributed by atoms with Crippen LogP contribution in [-0.2, 0) is 13.6 Å². The second kappa shape index (κ2) is 8.50. The molecule has 2 aromatic heterocycles. The molecule has 34 heavy (non-hydrogen) atoms. The molecule has 0 radical (unpaired) electrons. The molecule has 0 bridgehead atoms. The Labute approximate surface area is 192 Å². The SMILES string of the molecule is Cn1cc(C2CCC(NC(=O)O)CC2)c(N2Cc3ccc(-c4nnc(C(F)F)o4)cc3C2=O)n1. The molecule has 2 amide bonds. The van der Waals surface area contributed by atoms with Gasteiger partial charge in [0.1, 0.15) is 0 Å². The van der Waals surface area contributed by atoms with Gasteiger partial charge in [0.05, 0.1) is 6.54 Å². The molecule has 0 atom stereocenters. The van der Waals surface area contributed by atoms with Gasteiger partial charge in [0, 0.05) is 36.0 Å². The van der Waals surface area contributed by atoms with Crippen molar-refractivity contribution in [3.63, 3.8) is 0 Å². The quantitative estimate of drug-likeness (QED) is 0.577. The second-order valence-electron chi connectivity index (χ2n) is 8.59. The third kappa shape index (κ3) is 3.99. The molecule has 12 heteroatoms. The van der Waals surface area contributed by atoms with E-state index in [1.54, 1.807) is 34.8 Å². The predicted molar refractivity (Wildman–Crippen MR) is 115 cm³/mol. The molecule has 2 N–H and O–H groups in total. The van der Waals surface area contributed by atoms with Crippen LogP contribution in [0.5, 0.6) is 0 Å². The molecular weight excluding hydrogens is 450 g/mol. The highest BCUT2D eigenvalue weighted by Crippen LogP contribution is 2.40. The third-order valence-electron chi connectivity index (χ3n) is 6.37. The van der Waals surface area contributed by atoms with Crippen LogP contribution >= 0.6 is 0 Å². The standard InChI is InChI=1S/C22H22F2N6O4/c1-29-10-16(11-4-6-14(7-5-11)25-22(32)33)18(28-29)30-9-13-3-2-12(8-15(13)21(30)31)19-26-27-20(34-19)17(23)24/h2-3,8,10-11,14,17,25H,4-7,9H2,1H3,(H,32,33). The number of rotatable bonds is 5. The summed E-state index contributed by atoms with van der Waals surface area (Å²) in [6, 6.07) is 4.92. The number of hydrogen-bond donors (Lipinski definition) is 2. The van der Waals surface area contributed by atoms with Gasteiger partial charge < -0.3 is 14.8 Å². The van der Waals surface area contributed by atoms with Gasteiger partial charge >= 0.3 is 12.5 Å². The number of halogens is 2. The molecule has 178 valence electrons. The monoisotopic (exact) mass is 472 g/mol. The van der Waals surface area contributed by atoms with Crippen molar-refractivity contribution in [2.24, 2.45) is 7.05 Å². The average Bonchev–Trinajstić information content (AvgIpc) is 3.51. The number of carboxylic acid groups (broad SMARTS) is 1. The van der Waals surface area contributed by atoms with Gasteiger partial charge in [-0.2, -0.15) is 13.9 Å². The van der Waals surface area contributed by atoms with Gasteiger partial charge in [0.25, 0.3) is 11.8 Å². The highest BCUT2D eigenvalue weighted by molar-refractivity contribution is 6.10. The molecule has 5 rings (SSSR count). The Morgan fingerprint density at radius 2 is 2.00 bits per heavy atom. The lowest BCUT2D eigenvalue weighted by Crippen LogP contribution is -2.36. The lowest BCUT2D eigenvalue weighted by atomic mass is 9.82. The molecular formula is C22H22F2N6O4. The van der Waals surface area contributed by atoms with Gasteiger partial charge in [-0.15, -0.1) is 10.2 Å². The molecule has 1 saturated carbocycles. The van der Waals surface area contributed by atoms with Crippen LogP contribution in [0.2, 0.25) is 0 Å². The molecule has 2 aliphatic rings. The number of alkyl halides is 2. The average molecular weight is 472 g/mol. The van der Waals surface area contributed by atoms with Gasteiger partial charge in [-0.1, -0.05) is 6.07 Å². The predicted octanol–water partition coefficient (Wildman–Crippen LogP) is 3.86. The Morgan fingerprint density at radius 1 is 1.24 bits per heavy atom. The lowest BCUT2D eigenvalue weighted by Gasteiger charge is -2.29. The zero-order valence-electron chi connectivity index (χ0n) is 18.2. The first kappa shape index (κ1) is 22.0. The Kier molecular flexibility index (Phi) is 5.50. The van der Waals surface area contributed by atoms with Crippen LogP contribution in [0.4, 0.5) is 19.4 Å². The van der Waals surface area contributed by atoms with E-state index in [1.165, 1.54) is 0 Å². The third-order valence-corrected chi connectivity index (χ3v) is 6.37. The lowest BCUT2D eigenvalue weighted by molar-refractivity contribution is 0.0995. The van der Waals surface area contributed by atoms with Gasteiger partial charge in [-0.05, 0) is 49.3 Å². The minimum absolute atomic E-state index is 0.0692. The van der Waals surface area contributed by atoms with E-state index in [-0.39, 0.29) is 23.8 Å². The maximum atomic E-state index is 13.3. The maximum Gasteiger partial charge on any atom is 0.404 e. The fourth-order valence-corrected chi connectivity index (χ4v) is 4.76. The molecule has 1 aliphatic carbocycles. The molecule has 0 saturated heterocycles. The van der Waals surface area contributed by atoms with Crippen molar-refractivity contribution < 1.29 is 27.9 Å². The van der Waals surface area contributed by atoms with E-state index >= 15 is 0 Å². The second-order valence-corrected chi connectivity index (χ2v) is 8.59. The number of aryl methyl sites for hydroxylation is 1. The van der Waals surface area contributed by atoms with Crippen LogP contribution in [0.3, 0.4) is 0 Å². The minimum atomic E-state index is -2.87. The van der Waals surface area contributed by atoms with Crippen molar-refractivity contribution in [2.75, 3.05) is 4.90 Å². The Balaban J connectivity index is 1.38. The van der Waals surface area contributed by atoms with Crippen molar-refractivity contribution in [2.45, 2.75) is 50.6 Å². The molecule has 0 unspecified atom stereocenters.